The zero-order valence-electron chi connectivity index (χ0n) is 9.13. The fraction of sp³-hybridized carbons (Fsp3) is 1.00. The molecule has 0 saturated heterocycles. The molecule has 0 bridgehead atoms. The van der Waals surface area contributed by atoms with E-state index in [9.17, 15) is 0 Å². The van der Waals surface area contributed by atoms with Crippen molar-refractivity contribution in [2.75, 3.05) is 13.6 Å². The van der Waals surface area contributed by atoms with E-state index in [-0.39, 0.29) is 0 Å². The molecule has 2 N–H and O–H groups in total. The molecule has 0 radical (unpaired) electrons. The Morgan fingerprint density at radius 3 is 2.46 bits per heavy atom. The van der Waals surface area contributed by atoms with Gasteiger partial charge >= 0.3 is 0 Å². The molecule has 1 aliphatic rings. The first-order valence-electron chi connectivity index (χ1n) is 5.66. The number of nitrogens with two attached hydrogens (primary N) is 1. The lowest BCUT2D eigenvalue weighted by Crippen LogP contribution is -2.36. The van der Waals surface area contributed by atoms with E-state index in [2.05, 4.69) is 18.9 Å². The van der Waals surface area contributed by atoms with Gasteiger partial charge in [-0.25, -0.2) is 0 Å². The van der Waals surface area contributed by atoms with Crippen molar-refractivity contribution in [2.24, 2.45) is 5.73 Å². The average molecular weight is 184 g/mol. The van der Waals surface area contributed by atoms with Gasteiger partial charge in [-0.1, -0.05) is 19.3 Å². The Morgan fingerprint density at radius 1 is 1.31 bits per heavy atom. The predicted molar refractivity (Wildman–Crippen MR) is 57.8 cm³/mol. The van der Waals surface area contributed by atoms with Crippen LogP contribution >= 0.6 is 0 Å². The average Bonchev–Trinajstić information content (AvgIpc) is 2.15. The van der Waals surface area contributed by atoms with E-state index >= 15 is 0 Å². The summed E-state index contributed by atoms with van der Waals surface area (Å²) in [4.78, 5) is 2.50. The van der Waals surface area contributed by atoms with Crippen molar-refractivity contribution in [3.05, 3.63) is 0 Å². The standard InChI is InChI=1S/C11H24N2/c1-10(12)8-9-13(2)11-6-4-3-5-7-11/h10-11H,3-9,12H2,1-2H3. The molecule has 2 nitrogen and oxygen atoms in total. The molecule has 1 rings (SSSR count). The van der Waals surface area contributed by atoms with Gasteiger partial charge in [0, 0.05) is 12.1 Å². The second-order valence-corrected chi connectivity index (χ2v) is 4.54. The van der Waals surface area contributed by atoms with Crippen molar-refractivity contribution in [1.29, 1.82) is 0 Å². The number of hydrogen-bond donors (Lipinski definition) is 1. The summed E-state index contributed by atoms with van der Waals surface area (Å²) in [6.45, 7) is 3.26. The van der Waals surface area contributed by atoms with Gasteiger partial charge in [0.1, 0.15) is 0 Å². The zero-order valence-corrected chi connectivity index (χ0v) is 9.13. The van der Waals surface area contributed by atoms with Gasteiger partial charge in [0.2, 0.25) is 0 Å². The summed E-state index contributed by atoms with van der Waals surface area (Å²) >= 11 is 0. The van der Waals surface area contributed by atoms with Crippen molar-refractivity contribution in [3.63, 3.8) is 0 Å². The van der Waals surface area contributed by atoms with Crippen molar-refractivity contribution >= 4 is 0 Å². The summed E-state index contributed by atoms with van der Waals surface area (Å²) in [7, 11) is 2.25. The van der Waals surface area contributed by atoms with E-state index in [1.807, 2.05) is 0 Å². The summed E-state index contributed by atoms with van der Waals surface area (Å²) in [6.07, 6.45) is 8.22. The van der Waals surface area contributed by atoms with Gasteiger partial charge in [-0.2, -0.15) is 0 Å². The molecule has 0 heterocycles. The summed E-state index contributed by atoms with van der Waals surface area (Å²) in [5.74, 6) is 0. The molecule has 0 spiro atoms. The van der Waals surface area contributed by atoms with Crippen molar-refractivity contribution in [3.8, 4) is 0 Å². The molecule has 2 heteroatoms. The Labute approximate surface area is 82.5 Å². The molecule has 0 amide bonds. The molecule has 13 heavy (non-hydrogen) atoms. The second kappa shape index (κ2) is 5.61. The highest BCUT2D eigenvalue weighted by molar-refractivity contribution is 4.74. The normalized spacial score (nSPS) is 22.2. The van der Waals surface area contributed by atoms with E-state index in [1.54, 1.807) is 0 Å². The lowest BCUT2D eigenvalue weighted by atomic mass is 9.94. The number of rotatable bonds is 4. The number of hydrogen-bond acceptors (Lipinski definition) is 2. The van der Waals surface area contributed by atoms with Crippen LogP contribution in [0.2, 0.25) is 0 Å². The first-order chi connectivity index (χ1) is 6.20. The van der Waals surface area contributed by atoms with Crippen molar-refractivity contribution in [1.82, 2.24) is 4.90 Å². The Kier molecular flexibility index (Phi) is 4.74. The van der Waals surface area contributed by atoms with Crippen LogP contribution in [0.25, 0.3) is 0 Å². The van der Waals surface area contributed by atoms with Crippen LogP contribution in [0, 0.1) is 0 Å². The third-order valence-electron chi connectivity index (χ3n) is 3.14. The van der Waals surface area contributed by atoms with E-state index in [4.69, 9.17) is 5.73 Å². The van der Waals surface area contributed by atoms with Crippen LogP contribution in [0.4, 0.5) is 0 Å². The highest BCUT2D eigenvalue weighted by Crippen LogP contribution is 2.21. The van der Waals surface area contributed by atoms with E-state index < -0.39 is 0 Å². The predicted octanol–water partition coefficient (Wildman–Crippen LogP) is 1.99. The number of nitrogens with zero attached hydrogens (tertiary/aromatic N) is 1. The minimum absolute atomic E-state index is 0.353. The maximum absolute atomic E-state index is 5.74. The lowest BCUT2D eigenvalue weighted by molar-refractivity contribution is 0.187. The van der Waals surface area contributed by atoms with Gasteiger partial charge in [0.15, 0.2) is 0 Å². The van der Waals surface area contributed by atoms with Gasteiger partial charge in [-0.05, 0) is 39.8 Å². The van der Waals surface area contributed by atoms with Crippen LogP contribution in [-0.4, -0.2) is 30.6 Å². The maximum Gasteiger partial charge on any atom is 0.00922 e. The van der Waals surface area contributed by atoms with Gasteiger partial charge < -0.3 is 10.6 Å². The molecular weight excluding hydrogens is 160 g/mol. The molecule has 0 aliphatic heterocycles. The molecule has 0 aromatic carbocycles. The molecule has 1 saturated carbocycles. The summed E-state index contributed by atoms with van der Waals surface area (Å²) in [5, 5.41) is 0. The zero-order chi connectivity index (χ0) is 9.68. The van der Waals surface area contributed by atoms with Crippen LogP contribution in [0.1, 0.15) is 45.4 Å². The SMILES string of the molecule is CC(N)CCN(C)C1CCCCC1. The van der Waals surface area contributed by atoms with Crippen molar-refractivity contribution < 1.29 is 0 Å². The highest BCUT2D eigenvalue weighted by atomic mass is 15.1. The van der Waals surface area contributed by atoms with Crippen LogP contribution < -0.4 is 5.73 Å². The summed E-state index contributed by atoms with van der Waals surface area (Å²) in [6, 6.07) is 1.19. The summed E-state index contributed by atoms with van der Waals surface area (Å²) < 4.78 is 0. The van der Waals surface area contributed by atoms with Gasteiger partial charge in [0.25, 0.3) is 0 Å². The fourth-order valence-electron chi connectivity index (χ4n) is 2.11. The Hall–Kier alpha value is -0.0800. The van der Waals surface area contributed by atoms with Crippen LogP contribution in [0.15, 0.2) is 0 Å². The lowest BCUT2D eigenvalue weighted by Gasteiger charge is -2.31. The Morgan fingerprint density at radius 2 is 1.92 bits per heavy atom. The maximum atomic E-state index is 5.74. The van der Waals surface area contributed by atoms with E-state index in [0.717, 1.165) is 12.5 Å². The molecule has 78 valence electrons. The molecule has 0 aromatic rings. The molecule has 1 unspecified atom stereocenters. The highest BCUT2D eigenvalue weighted by Gasteiger charge is 2.17. The summed E-state index contributed by atoms with van der Waals surface area (Å²) in [5.41, 5.74) is 5.74. The third-order valence-corrected chi connectivity index (χ3v) is 3.14. The molecule has 1 aliphatic carbocycles. The first kappa shape index (κ1) is 11.0. The first-order valence-corrected chi connectivity index (χ1v) is 5.66. The minimum atomic E-state index is 0.353. The van der Waals surface area contributed by atoms with Crippen molar-refractivity contribution in [2.45, 2.75) is 57.5 Å². The van der Waals surface area contributed by atoms with Gasteiger partial charge in [-0.3, -0.25) is 0 Å². The fourth-order valence-corrected chi connectivity index (χ4v) is 2.11. The topological polar surface area (TPSA) is 29.3 Å². The van der Waals surface area contributed by atoms with E-state index in [0.29, 0.717) is 6.04 Å². The third kappa shape index (κ3) is 4.10. The molecule has 0 aromatic heterocycles. The minimum Gasteiger partial charge on any atom is -0.328 e. The van der Waals surface area contributed by atoms with Crippen LogP contribution in [0.5, 0.6) is 0 Å². The second-order valence-electron chi connectivity index (χ2n) is 4.54. The quantitative estimate of drug-likeness (QED) is 0.724. The van der Waals surface area contributed by atoms with Crippen LogP contribution in [0.3, 0.4) is 0 Å². The monoisotopic (exact) mass is 184 g/mol. The molecule has 1 atom stereocenters. The smallest absolute Gasteiger partial charge is 0.00922 e. The van der Waals surface area contributed by atoms with Crippen LogP contribution in [-0.2, 0) is 0 Å². The molecular formula is C11H24N2. The molecule has 1 fully saturated rings. The van der Waals surface area contributed by atoms with E-state index in [1.165, 1.54) is 38.6 Å². The van der Waals surface area contributed by atoms with Gasteiger partial charge in [-0.15, -0.1) is 0 Å². The Balaban J connectivity index is 2.17. The Bertz CT molecular complexity index is 128. The van der Waals surface area contributed by atoms with Gasteiger partial charge in [0.05, 0.1) is 0 Å². The largest absolute Gasteiger partial charge is 0.328 e.